The number of H-pyrrole nitrogens is 1. The quantitative estimate of drug-likeness (QED) is 0.558. The van der Waals surface area contributed by atoms with Crippen molar-refractivity contribution in [2.24, 2.45) is 0 Å². The lowest BCUT2D eigenvalue weighted by molar-refractivity contribution is -0.121. The van der Waals surface area contributed by atoms with Crippen LogP contribution in [0.15, 0.2) is 58.4 Å². The Morgan fingerprint density at radius 3 is 2.63 bits per heavy atom. The smallest absolute Gasteiger partial charge is 0.330 e. The molecule has 0 saturated carbocycles. The molecule has 158 valence electrons. The van der Waals surface area contributed by atoms with E-state index < -0.39 is 23.2 Å². The molecule has 1 amide bonds. The van der Waals surface area contributed by atoms with Crippen LogP contribution in [-0.4, -0.2) is 45.5 Å². The molecule has 3 N–H and O–H groups in total. The SMILES string of the molecule is COCCN(C(=O)C(C)n1cccn1)c1c(N)n(Cc2ccccc2)c(=O)[nH]c1=O. The van der Waals surface area contributed by atoms with Crippen LogP contribution in [0.25, 0.3) is 0 Å². The number of hydrogen-bond acceptors (Lipinski definition) is 6. The fraction of sp³-hybridized carbons (Fsp3) is 0.300. The number of rotatable bonds is 8. The number of methoxy groups -OCH3 is 1. The summed E-state index contributed by atoms with van der Waals surface area (Å²) in [4.78, 5) is 41.8. The van der Waals surface area contributed by atoms with Crippen LogP contribution in [0.5, 0.6) is 0 Å². The average Bonchev–Trinajstić information content (AvgIpc) is 3.28. The van der Waals surface area contributed by atoms with Gasteiger partial charge in [0.25, 0.3) is 11.5 Å². The van der Waals surface area contributed by atoms with Crippen molar-refractivity contribution in [3.05, 3.63) is 75.2 Å². The molecule has 10 nitrogen and oxygen atoms in total. The Balaban J connectivity index is 2.06. The van der Waals surface area contributed by atoms with E-state index in [4.69, 9.17) is 10.5 Å². The van der Waals surface area contributed by atoms with Crippen LogP contribution >= 0.6 is 0 Å². The van der Waals surface area contributed by atoms with Crippen molar-refractivity contribution in [2.75, 3.05) is 30.9 Å². The molecular weight excluding hydrogens is 388 g/mol. The molecule has 2 heterocycles. The Morgan fingerprint density at radius 2 is 2.00 bits per heavy atom. The van der Waals surface area contributed by atoms with E-state index in [1.165, 1.54) is 21.3 Å². The van der Waals surface area contributed by atoms with Crippen LogP contribution in [-0.2, 0) is 16.1 Å². The number of amides is 1. The van der Waals surface area contributed by atoms with E-state index in [0.29, 0.717) is 0 Å². The van der Waals surface area contributed by atoms with E-state index in [-0.39, 0.29) is 31.2 Å². The molecule has 3 aromatic rings. The van der Waals surface area contributed by atoms with Crippen LogP contribution < -0.4 is 21.9 Å². The van der Waals surface area contributed by atoms with Gasteiger partial charge in [-0.05, 0) is 18.6 Å². The highest BCUT2D eigenvalue weighted by atomic mass is 16.5. The molecule has 0 aliphatic heterocycles. The largest absolute Gasteiger partial charge is 0.383 e. The number of aromatic nitrogens is 4. The van der Waals surface area contributed by atoms with Gasteiger partial charge in [0.05, 0.1) is 13.2 Å². The normalized spacial score (nSPS) is 11.9. The third kappa shape index (κ3) is 4.33. The highest BCUT2D eigenvalue weighted by molar-refractivity contribution is 5.97. The summed E-state index contributed by atoms with van der Waals surface area (Å²) in [6.45, 7) is 2.07. The predicted molar refractivity (Wildman–Crippen MR) is 112 cm³/mol. The van der Waals surface area contributed by atoms with Crippen molar-refractivity contribution in [3.8, 4) is 0 Å². The van der Waals surface area contributed by atoms with E-state index in [1.807, 2.05) is 30.3 Å². The maximum atomic E-state index is 13.2. The maximum absolute atomic E-state index is 13.2. The summed E-state index contributed by atoms with van der Waals surface area (Å²) in [5.74, 6) is -0.498. The predicted octanol–water partition coefficient (Wildman–Crippen LogP) is 0.604. The minimum Gasteiger partial charge on any atom is -0.383 e. The van der Waals surface area contributed by atoms with Crippen LogP contribution in [0, 0.1) is 0 Å². The van der Waals surface area contributed by atoms with Crippen LogP contribution in [0.3, 0.4) is 0 Å². The van der Waals surface area contributed by atoms with Gasteiger partial charge >= 0.3 is 5.69 Å². The van der Waals surface area contributed by atoms with Gasteiger partial charge < -0.3 is 15.4 Å². The molecule has 1 unspecified atom stereocenters. The zero-order valence-corrected chi connectivity index (χ0v) is 16.8. The van der Waals surface area contributed by atoms with Crippen molar-refractivity contribution in [1.82, 2.24) is 19.3 Å². The summed E-state index contributed by atoms with van der Waals surface area (Å²) in [5.41, 5.74) is 5.59. The van der Waals surface area contributed by atoms with Gasteiger partial charge in [-0.25, -0.2) is 4.79 Å². The summed E-state index contributed by atoms with van der Waals surface area (Å²) in [7, 11) is 1.49. The number of aromatic amines is 1. The summed E-state index contributed by atoms with van der Waals surface area (Å²) in [6, 6.07) is 10.2. The number of ether oxygens (including phenoxy) is 1. The summed E-state index contributed by atoms with van der Waals surface area (Å²) in [5, 5.41) is 4.09. The number of anilines is 2. The molecule has 0 aliphatic carbocycles. The Hall–Kier alpha value is -3.66. The van der Waals surface area contributed by atoms with Crippen LogP contribution in [0.2, 0.25) is 0 Å². The monoisotopic (exact) mass is 412 g/mol. The molecule has 0 fully saturated rings. The van der Waals surface area contributed by atoms with Crippen LogP contribution in [0.4, 0.5) is 11.5 Å². The first kappa shape index (κ1) is 21.1. The fourth-order valence-corrected chi connectivity index (χ4v) is 3.12. The molecule has 1 aromatic carbocycles. The lowest BCUT2D eigenvalue weighted by Gasteiger charge is -2.27. The number of nitrogen functional groups attached to an aromatic ring is 1. The van der Waals surface area contributed by atoms with Crippen molar-refractivity contribution in [3.63, 3.8) is 0 Å². The number of hydrogen-bond donors (Lipinski definition) is 2. The highest BCUT2D eigenvalue weighted by Gasteiger charge is 2.28. The van der Waals surface area contributed by atoms with Gasteiger partial charge in [-0.1, -0.05) is 30.3 Å². The molecule has 0 saturated heterocycles. The zero-order chi connectivity index (χ0) is 21.7. The lowest BCUT2D eigenvalue weighted by atomic mass is 10.2. The fourth-order valence-electron chi connectivity index (χ4n) is 3.12. The van der Waals surface area contributed by atoms with Gasteiger partial charge in [0, 0.05) is 26.0 Å². The average molecular weight is 412 g/mol. The van der Waals surface area contributed by atoms with Gasteiger partial charge in [0.2, 0.25) is 0 Å². The lowest BCUT2D eigenvalue weighted by Crippen LogP contribution is -2.45. The van der Waals surface area contributed by atoms with Gasteiger partial charge in [-0.2, -0.15) is 5.10 Å². The molecule has 0 radical (unpaired) electrons. The Labute approximate surface area is 172 Å². The second-order valence-electron chi connectivity index (χ2n) is 6.71. The van der Waals surface area contributed by atoms with Crippen molar-refractivity contribution in [2.45, 2.75) is 19.5 Å². The number of carbonyl (C=O) groups excluding carboxylic acids is 1. The molecule has 0 aliphatic rings. The molecule has 2 aromatic heterocycles. The van der Waals surface area contributed by atoms with Crippen molar-refractivity contribution >= 4 is 17.4 Å². The maximum Gasteiger partial charge on any atom is 0.330 e. The zero-order valence-electron chi connectivity index (χ0n) is 16.8. The van der Waals surface area contributed by atoms with Crippen molar-refractivity contribution in [1.29, 1.82) is 0 Å². The standard InChI is InChI=1S/C20H24N6O4/c1-14(26-10-6-9-22-26)19(28)24(11-12-30-2)16-17(21)25(20(29)23-18(16)27)13-15-7-4-3-5-8-15/h3-10,14H,11-13,21H2,1-2H3,(H,23,27,29). The summed E-state index contributed by atoms with van der Waals surface area (Å²) < 4.78 is 7.82. The summed E-state index contributed by atoms with van der Waals surface area (Å²) >= 11 is 0. The highest BCUT2D eigenvalue weighted by Crippen LogP contribution is 2.21. The number of nitrogens with one attached hydrogen (secondary N) is 1. The first-order valence-corrected chi connectivity index (χ1v) is 9.40. The van der Waals surface area contributed by atoms with Crippen molar-refractivity contribution < 1.29 is 9.53 Å². The minimum absolute atomic E-state index is 0.0811. The molecular formula is C20H24N6O4. The van der Waals surface area contributed by atoms with E-state index >= 15 is 0 Å². The third-order valence-electron chi connectivity index (χ3n) is 4.73. The number of benzene rings is 1. The van der Waals surface area contributed by atoms with Gasteiger partial charge in [-0.15, -0.1) is 0 Å². The first-order valence-electron chi connectivity index (χ1n) is 9.40. The Morgan fingerprint density at radius 1 is 1.27 bits per heavy atom. The molecule has 3 rings (SSSR count). The van der Waals surface area contributed by atoms with E-state index in [9.17, 15) is 14.4 Å². The molecule has 10 heteroatoms. The number of nitrogens with two attached hydrogens (primary N) is 1. The second kappa shape index (κ2) is 9.23. The topological polar surface area (TPSA) is 128 Å². The van der Waals surface area contributed by atoms with E-state index in [1.54, 1.807) is 25.4 Å². The summed E-state index contributed by atoms with van der Waals surface area (Å²) in [6.07, 6.45) is 3.21. The number of carbonyl (C=O) groups is 1. The van der Waals surface area contributed by atoms with E-state index in [0.717, 1.165) is 5.56 Å². The van der Waals surface area contributed by atoms with Gasteiger partial charge in [-0.3, -0.25) is 23.8 Å². The molecule has 1 atom stereocenters. The Kier molecular flexibility index (Phi) is 6.48. The number of nitrogens with zero attached hydrogens (tertiary/aromatic N) is 4. The second-order valence-corrected chi connectivity index (χ2v) is 6.71. The first-order chi connectivity index (χ1) is 14.4. The van der Waals surface area contributed by atoms with Gasteiger partial charge in [0.15, 0.2) is 5.69 Å². The third-order valence-corrected chi connectivity index (χ3v) is 4.73. The molecule has 0 bridgehead atoms. The van der Waals surface area contributed by atoms with Crippen LogP contribution in [0.1, 0.15) is 18.5 Å². The molecule has 0 spiro atoms. The Bertz CT molecular complexity index is 1100. The minimum atomic E-state index is -0.737. The van der Waals surface area contributed by atoms with Gasteiger partial charge in [0.1, 0.15) is 11.9 Å². The molecule has 30 heavy (non-hydrogen) atoms. The van der Waals surface area contributed by atoms with E-state index in [2.05, 4.69) is 10.1 Å².